The quantitative estimate of drug-likeness (QED) is 0.718. The van der Waals surface area contributed by atoms with Gasteiger partial charge in [0.2, 0.25) is 5.82 Å². The number of methoxy groups -OCH3 is 2. The van der Waals surface area contributed by atoms with Crippen molar-refractivity contribution < 1.29 is 9.47 Å². The van der Waals surface area contributed by atoms with E-state index in [0.717, 1.165) is 16.1 Å². The molecule has 0 fully saturated rings. The molecule has 3 rings (SSSR count). The van der Waals surface area contributed by atoms with Crippen molar-refractivity contribution in [3.8, 4) is 22.9 Å². The molecule has 0 amide bonds. The summed E-state index contributed by atoms with van der Waals surface area (Å²) >= 11 is 1.45. The molecule has 0 unspecified atom stereocenters. The van der Waals surface area contributed by atoms with Gasteiger partial charge in [-0.05, 0) is 47.9 Å². The molecule has 7 nitrogen and oxygen atoms in total. The van der Waals surface area contributed by atoms with Crippen LogP contribution in [0.25, 0.3) is 11.4 Å². The highest BCUT2D eigenvalue weighted by atomic mass is 32.1. The van der Waals surface area contributed by atoms with Crippen LogP contribution in [-0.4, -0.2) is 38.8 Å². The van der Waals surface area contributed by atoms with Crippen LogP contribution in [0.15, 0.2) is 24.3 Å². The summed E-state index contributed by atoms with van der Waals surface area (Å²) in [6.45, 7) is 2.52. The van der Waals surface area contributed by atoms with E-state index in [2.05, 4.69) is 19.8 Å². The molecule has 0 spiro atoms. The van der Waals surface area contributed by atoms with Gasteiger partial charge < -0.3 is 9.47 Å². The molecule has 2 aromatic heterocycles. The SMILES string of the molecule is COc1ccc(-c2nnn(Cc3cc(C)ns3)n2)cc1OC. The maximum Gasteiger partial charge on any atom is 0.205 e. The molecular weight excluding hydrogens is 302 g/mol. The van der Waals surface area contributed by atoms with Crippen LogP contribution in [-0.2, 0) is 6.54 Å². The lowest BCUT2D eigenvalue weighted by atomic mass is 10.2. The van der Waals surface area contributed by atoms with Crippen molar-refractivity contribution in [3.63, 3.8) is 0 Å². The Morgan fingerprint density at radius 3 is 2.64 bits per heavy atom. The average molecular weight is 317 g/mol. The number of aromatic nitrogens is 5. The van der Waals surface area contributed by atoms with E-state index >= 15 is 0 Å². The van der Waals surface area contributed by atoms with Crippen molar-refractivity contribution in [3.05, 3.63) is 34.8 Å². The monoisotopic (exact) mass is 317 g/mol. The predicted octanol–water partition coefficient (Wildman–Crippen LogP) is 2.17. The number of hydrogen-bond donors (Lipinski definition) is 0. The zero-order chi connectivity index (χ0) is 15.5. The zero-order valence-electron chi connectivity index (χ0n) is 12.5. The molecule has 0 N–H and O–H groups in total. The third-order valence-electron chi connectivity index (χ3n) is 3.07. The Labute approximate surface area is 131 Å². The molecule has 0 saturated heterocycles. The molecule has 0 radical (unpaired) electrons. The minimum Gasteiger partial charge on any atom is -0.493 e. The lowest BCUT2D eigenvalue weighted by Crippen LogP contribution is -2.02. The Kier molecular flexibility index (Phi) is 4.01. The fraction of sp³-hybridized carbons (Fsp3) is 0.286. The second-order valence-electron chi connectivity index (χ2n) is 4.65. The third-order valence-corrected chi connectivity index (χ3v) is 3.93. The first-order valence-corrected chi connectivity index (χ1v) is 7.39. The summed E-state index contributed by atoms with van der Waals surface area (Å²) in [5.41, 5.74) is 1.82. The van der Waals surface area contributed by atoms with E-state index in [-0.39, 0.29) is 0 Å². The van der Waals surface area contributed by atoms with Gasteiger partial charge in [0, 0.05) is 10.4 Å². The Hall–Kier alpha value is -2.48. The zero-order valence-corrected chi connectivity index (χ0v) is 13.3. The number of benzene rings is 1. The maximum atomic E-state index is 5.29. The highest BCUT2D eigenvalue weighted by Crippen LogP contribution is 2.30. The highest BCUT2D eigenvalue weighted by Gasteiger charge is 2.11. The van der Waals surface area contributed by atoms with Gasteiger partial charge in [0.15, 0.2) is 11.5 Å². The third kappa shape index (κ3) is 2.91. The van der Waals surface area contributed by atoms with E-state index in [4.69, 9.17) is 9.47 Å². The molecule has 0 bridgehead atoms. The number of tetrazole rings is 1. The topological polar surface area (TPSA) is 75.0 Å². The molecular formula is C14H15N5O2S. The van der Waals surface area contributed by atoms with Crippen LogP contribution in [0.5, 0.6) is 11.5 Å². The first-order chi connectivity index (χ1) is 10.7. The van der Waals surface area contributed by atoms with E-state index in [1.54, 1.807) is 19.0 Å². The summed E-state index contributed by atoms with van der Waals surface area (Å²) in [4.78, 5) is 2.65. The Bertz CT molecular complexity index is 783. The fourth-order valence-electron chi connectivity index (χ4n) is 2.03. The van der Waals surface area contributed by atoms with Crippen molar-refractivity contribution in [1.29, 1.82) is 0 Å². The fourth-order valence-corrected chi connectivity index (χ4v) is 2.74. The van der Waals surface area contributed by atoms with Gasteiger partial charge in [0.05, 0.1) is 26.5 Å². The predicted molar refractivity (Wildman–Crippen MR) is 82.3 cm³/mol. The lowest BCUT2D eigenvalue weighted by Gasteiger charge is -2.07. The molecule has 0 saturated carbocycles. The van der Waals surface area contributed by atoms with E-state index < -0.39 is 0 Å². The number of ether oxygens (including phenoxy) is 2. The van der Waals surface area contributed by atoms with Crippen LogP contribution < -0.4 is 9.47 Å². The van der Waals surface area contributed by atoms with Crippen molar-refractivity contribution in [2.45, 2.75) is 13.5 Å². The molecule has 0 aliphatic rings. The molecule has 2 heterocycles. The van der Waals surface area contributed by atoms with E-state index in [0.29, 0.717) is 23.9 Å². The van der Waals surface area contributed by atoms with Crippen molar-refractivity contribution in [1.82, 2.24) is 24.6 Å². The van der Waals surface area contributed by atoms with Gasteiger partial charge in [-0.2, -0.15) is 9.17 Å². The van der Waals surface area contributed by atoms with Crippen LogP contribution in [0.1, 0.15) is 10.6 Å². The second-order valence-corrected chi connectivity index (χ2v) is 5.54. The van der Waals surface area contributed by atoms with Gasteiger partial charge in [0.1, 0.15) is 0 Å². The molecule has 0 aliphatic heterocycles. The molecule has 0 aliphatic carbocycles. The van der Waals surface area contributed by atoms with Gasteiger partial charge >= 0.3 is 0 Å². The normalized spacial score (nSPS) is 10.7. The van der Waals surface area contributed by atoms with Gasteiger partial charge in [-0.3, -0.25) is 0 Å². The minimum atomic E-state index is 0.544. The average Bonchev–Trinajstić information content (AvgIpc) is 3.16. The summed E-state index contributed by atoms with van der Waals surface area (Å²) < 4.78 is 14.8. The molecule has 8 heteroatoms. The number of rotatable bonds is 5. The highest BCUT2D eigenvalue weighted by molar-refractivity contribution is 7.05. The first kappa shape index (κ1) is 14.5. The number of nitrogens with zero attached hydrogens (tertiary/aromatic N) is 5. The molecule has 3 aromatic rings. The number of hydrogen-bond acceptors (Lipinski definition) is 7. The summed E-state index contributed by atoms with van der Waals surface area (Å²) in [5, 5.41) is 12.6. The second kappa shape index (κ2) is 6.10. The maximum absolute atomic E-state index is 5.29. The standard InChI is InChI=1S/C14H15N5O2S/c1-9-6-11(22-17-9)8-19-16-14(15-18-19)10-4-5-12(20-2)13(7-10)21-3/h4-7H,8H2,1-3H3. The Morgan fingerprint density at radius 1 is 1.14 bits per heavy atom. The molecule has 0 atom stereocenters. The minimum absolute atomic E-state index is 0.544. The van der Waals surface area contributed by atoms with Crippen molar-refractivity contribution >= 4 is 11.5 Å². The molecule has 114 valence electrons. The van der Waals surface area contributed by atoms with Gasteiger partial charge in [0.25, 0.3) is 0 Å². The van der Waals surface area contributed by atoms with Crippen LogP contribution in [0.4, 0.5) is 0 Å². The molecule has 22 heavy (non-hydrogen) atoms. The van der Waals surface area contributed by atoms with Crippen molar-refractivity contribution in [2.75, 3.05) is 14.2 Å². The van der Waals surface area contributed by atoms with Crippen LogP contribution in [0, 0.1) is 6.92 Å². The summed E-state index contributed by atoms with van der Waals surface area (Å²) in [7, 11) is 3.20. The smallest absolute Gasteiger partial charge is 0.205 e. The van der Waals surface area contributed by atoms with Crippen LogP contribution >= 0.6 is 11.5 Å². The van der Waals surface area contributed by atoms with Crippen LogP contribution in [0.2, 0.25) is 0 Å². The summed E-state index contributed by atoms with van der Waals surface area (Å²) in [6, 6.07) is 7.54. The van der Waals surface area contributed by atoms with Crippen LogP contribution in [0.3, 0.4) is 0 Å². The Morgan fingerprint density at radius 2 is 1.95 bits per heavy atom. The largest absolute Gasteiger partial charge is 0.493 e. The number of aryl methyl sites for hydroxylation is 1. The first-order valence-electron chi connectivity index (χ1n) is 6.62. The lowest BCUT2D eigenvalue weighted by molar-refractivity contribution is 0.355. The summed E-state index contributed by atoms with van der Waals surface area (Å²) in [5.74, 6) is 1.84. The van der Waals surface area contributed by atoms with E-state index in [9.17, 15) is 0 Å². The van der Waals surface area contributed by atoms with Crippen molar-refractivity contribution in [2.24, 2.45) is 0 Å². The Balaban J connectivity index is 1.84. The molecule has 1 aromatic carbocycles. The summed E-state index contributed by atoms with van der Waals surface area (Å²) in [6.07, 6.45) is 0. The van der Waals surface area contributed by atoms with E-state index in [1.165, 1.54) is 11.5 Å². The van der Waals surface area contributed by atoms with Gasteiger partial charge in [-0.1, -0.05) is 0 Å². The van der Waals surface area contributed by atoms with E-state index in [1.807, 2.05) is 31.2 Å². The van der Waals surface area contributed by atoms with Gasteiger partial charge in [-0.25, -0.2) is 0 Å². The van der Waals surface area contributed by atoms with Gasteiger partial charge in [-0.15, -0.1) is 10.2 Å².